The van der Waals surface area contributed by atoms with Crippen LogP contribution < -0.4 is 20.4 Å². The van der Waals surface area contributed by atoms with Crippen LogP contribution in [0.25, 0.3) is 22.1 Å². The van der Waals surface area contributed by atoms with E-state index in [1.54, 1.807) is 25.3 Å². The van der Waals surface area contributed by atoms with Crippen LogP contribution in [0.5, 0.6) is 11.5 Å². The Morgan fingerprint density at radius 1 is 0.941 bits per heavy atom. The Labute approximate surface area is 191 Å². The number of carbonyl (C=O) groups is 1. The fraction of sp³-hybridized carbons (Fsp3) is 0.120. The number of anilines is 1. The normalized spacial score (nSPS) is 11.3. The van der Waals surface area contributed by atoms with Crippen LogP contribution in [0.2, 0.25) is 0 Å². The number of aryl methyl sites for hydroxylation is 1. The van der Waals surface area contributed by atoms with Gasteiger partial charge in [0.15, 0.2) is 11.3 Å². The molecule has 0 radical (unpaired) electrons. The summed E-state index contributed by atoms with van der Waals surface area (Å²) in [4.78, 5) is 25.2. The first-order valence-electron chi connectivity index (χ1n) is 10.0. The minimum atomic E-state index is -4.96. The molecule has 9 heteroatoms. The van der Waals surface area contributed by atoms with E-state index in [9.17, 15) is 22.8 Å². The average molecular weight is 469 g/mol. The topological polar surface area (TPSA) is 77.8 Å². The molecule has 174 valence electrons. The van der Waals surface area contributed by atoms with Gasteiger partial charge < -0.3 is 19.2 Å². The lowest BCUT2D eigenvalue weighted by Gasteiger charge is -2.11. The number of methoxy groups -OCH3 is 1. The molecule has 6 nitrogen and oxygen atoms in total. The molecule has 0 spiro atoms. The van der Waals surface area contributed by atoms with Crippen molar-refractivity contribution in [1.82, 2.24) is 0 Å². The Morgan fingerprint density at radius 2 is 1.68 bits per heavy atom. The van der Waals surface area contributed by atoms with Gasteiger partial charge >= 0.3 is 12.0 Å². The number of fused-ring (bicyclic) bond motifs is 1. The van der Waals surface area contributed by atoms with Gasteiger partial charge in [-0.15, -0.1) is 13.2 Å². The molecule has 1 aromatic heterocycles. The second-order valence-electron chi connectivity index (χ2n) is 7.39. The van der Waals surface area contributed by atoms with Crippen LogP contribution in [0.4, 0.5) is 18.9 Å². The predicted octanol–water partition coefficient (Wildman–Crippen LogP) is 5.93. The molecule has 0 aliphatic carbocycles. The van der Waals surface area contributed by atoms with E-state index in [1.807, 2.05) is 31.2 Å². The quantitative estimate of drug-likeness (QED) is 0.367. The van der Waals surface area contributed by atoms with Gasteiger partial charge in [-0.05, 0) is 60.0 Å². The molecule has 0 aliphatic heterocycles. The summed E-state index contributed by atoms with van der Waals surface area (Å²) in [6, 6.07) is 17.5. The van der Waals surface area contributed by atoms with Gasteiger partial charge in [0.25, 0.3) is 5.91 Å². The Kier molecular flexibility index (Phi) is 6.02. The zero-order valence-corrected chi connectivity index (χ0v) is 18.0. The van der Waals surface area contributed by atoms with Crippen LogP contribution in [-0.2, 0) is 0 Å². The number of ether oxygens (including phenoxy) is 2. The number of nitrogens with one attached hydrogen (secondary N) is 1. The molecule has 4 aromatic rings. The summed E-state index contributed by atoms with van der Waals surface area (Å²) in [5.41, 5.74) is 1.23. The first-order valence-corrected chi connectivity index (χ1v) is 10.0. The second-order valence-corrected chi connectivity index (χ2v) is 7.39. The van der Waals surface area contributed by atoms with Gasteiger partial charge in [0.1, 0.15) is 11.3 Å². The third-order valence-electron chi connectivity index (χ3n) is 5.04. The highest BCUT2D eigenvalue weighted by Crippen LogP contribution is 2.31. The summed E-state index contributed by atoms with van der Waals surface area (Å²) in [5, 5.41) is 2.73. The zero-order valence-electron chi connectivity index (χ0n) is 18.0. The summed E-state index contributed by atoms with van der Waals surface area (Å²) in [6.45, 7) is 1.91. The maximum absolute atomic E-state index is 12.8. The first kappa shape index (κ1) is 22.9. The Bertz CT molecular complexity index is 1440. The summed E-state index contributed by atoms with van der Waals surface area (Å²) < 4.78 is 52.0. The largest absolute Gasteiger partial charge is 0.573 e. The highest BCUT2D eigenvalue weighted by Gasteiger charge is 2.32. The molecule has 0 atom stereocenters. The van der Waals surface area contributed by atoms with Gasteiger partial charge in [0, 0.05) is 11.1 Å². The second kappa shape index (κ2) is 8.93. The van der Waals surface area contributed by atoms with E-state index in [1.165, 1.54) is 12.1 Å². The molecular weight excluding hydrogens is 451 g/mol. The van der Waals surface area contributed by atoms with Gasteiger partial charge in [-0.3, -0.25) is 4.79 Å². The molecule has 0 fully saturated rings. The fourth-order valence-electron chi connectivity index (χ4n) is 3.51. The average Bonchev–Trinajstić information content (AvgIpc) is 2.78. The van der Waals surface area contributed by atoms with E-state index in [-0.39, 0.29) is 10.9 Å². The van der Waals surface area contributed by atoms with E-state index >= 15 is 0 Å². The molecular formula is C25H18F3NO5. The third kappa shape index (κ3) is 4.88. The highest BCUT2D eigenvalue weighted by atomic mass is 19.4. The van der Waals surface area contributed by atoms with Crippen molar-refractivity contribution in [2.75, 3.05) is 12.4 Å². The predicted molar refractivity (Wildman–Crippen MR) is 120 cm³/mol. The van der Waals surface area contributed by atoms with E-state index in [2.05, 4.69) is 10.1 Å². The molecule has 0 unspecified atom stereocenters. The number of amides is 1. The van der Waals surface area contributed by atoms with Crippen LogP contribution >= 0.6 is 0 Å². The summed E-state index contributed by atoms with van der Waals surface area (Å²) in [6.07, 6.45) is -4.96. The van der Waals surface area contributed by atoms with Crippen molar-refractivity contribution in [2.24, 2.45) is 0 Å². The summed E-state index contributed by atoms with van der Waals surface area (Å²) in [7, 11) is 1.59. The molecule has 1 N–H and O–H groups in total. The third-order valence-corrected chi connectivity index (χ3v) is 5.04. The lowest BCUT2D eigenvalue weighted by Crippen LogP contribution is -2.21. The fourth-order valence-corrected chi connectivity index (χ4v) is 3.51. The molecule has 0 saturated heterocycles. The maximum Gasteiger partial charge on any atom is 0.573 e. The molecule has 4 rings (SSSR count). The van der Waals surface area contributed by atoms with Crippen molar-refractivity contribution in [3.63, 3.8) is 0 Å². The van der Waals surface area contributed by atoms with Crippen molar-refractivity contribution >= 4 is 22.6 Å². The highest BCUT2D eigenvalue weighted by molar-refractivity contribution is 6.05. The number of para-hydroxylation sites is 1. The molecule has 1 heterocycles. The number of hydrogen-bond donors (Lipinski definition) is 1. The van der Waals surface area contributed by atoms with Crippen LogP contribution in [-0.4, -0.2) is 19.4 Å². The monoisotopic (exact) mass is 469 g/mol. The maximum atomic E-state index is 12.8. The van der Waals surface area contributed by atoms with Crippen molar-refractivity contribution in [3.8, 4) is 22.6 Å². The minimum absolute atomic E-state index is 0.106. The lowest BCUT2D eigenvalue weighted by molar-refractivity contribution is -0.274. The molecule has 34 heavy (non-hydrogen) atoms. The van der Waals surface area contributed by atoms with Gasteiger partial charge in [-0.2, -0.15) is 0 Å². The van der Waals surface area contributed by atoms with E-state index in [0.717, 1.165) is 34.6 Å². The van der Waals surface area contributed by atoms with Crippen molar-refractivity contribution in [2.45, 2.75) is 13.3 Å². The van der Waals surface area contributed by atoms with Gasteiger partial charge in [-0.1, -0.05) is 30.3 Å². The van der Waals surface area contributed by atoms with Crippen molar-refractivity contribution in [1.29, 1.82) is 0 Å². The SMILES string of the molecule is COc1ccc(-c2cccc(NC(=O)c3cc4cccc(OC(F)(F)F)c4oc3=O)c2)cc1C. The number of rotatable bonds is 5. The Hall–Kier alpha value is -4.27. The summed E-state index contributed by atoms with van der Waals surface area (Å²) in [5.74, 6) is -0.683. The summed E-state index contributed by atoms with van der Waals surface area (Å²) >= 11 is 0. The minimum Gasteiger partial charge on any atom is -0.496 e. The Balaban J connectivity index is 1.62. The molecule has 0 aliphatic rings. The van der Waals surface area contributed by atoms with E-state index in [4.69, 9.17) is 9.15 Å². The first-order chi connectivity index (χ1) is 16.1. The molecule has 3 aromatic carbocycles. The van der Waals surface area contributed by atoms with Gasteiger partial charge in [0.2, 0.25) is 0 Å². The number of benzene rings is 3. The Morgan fingerprint density at radius 3 is 2.38 bits per heavy atom. The zero-order chi connectivity index (χ0) is 24.5. The van der Waals surface area contributed by atoms with Crippen LogP contribution in [0.3, 0.4) is 0 Å². The van der Waals surface area contributed by atoms with Crippen LogP contribution in [0, 0.1) is 6.92 Å². The standard InChI is InChI=1S/C25H18F3NO5/c1-14-11-16(9-10-20(14)32-2)15-5-3-7-18(12-15)29-23(30)19-13-17-6-4-8-21(34-25(26,27)28)22(17)33-24(19)31/h3-13H,1-2H3,(H,29,30). The van der Waals surface area contributed by atoms with E-state index in [0.29, 0.717) is 5.69 Å². The van der Waals surface area contributed by atoms with Crippen LogP contribution in [0.1, 0.15) is 15.9 Å². The smallest absolute Gasteiger partial charge is 0.496 e. The molecule has 0 bridgehead atoms. The number of hydrogen-bond acceptors (Lipinski definition) is 5. The number of halogens is 3. The van der Waals surface area contributed by atoms with E-state index < -0.39 is 29.2 Å². The van der Waals surface area contributed by atoms with Crippen LogP contribution in [0.15, 0.2) is 75.9 Å². The van der Waals surface area contributed by atoms with Crippen molar-refractivity contribution < 1.29 is 31.9 Å². The number of alkyl halides is 3. The molecule has 0 saturated carbocycles. The lowest BCUT2D eigenvalue weighted by atomic mass is 10.0. The van der Waals surface area contributed by atoms with Gasteiger partial charge in [0.05, 0.1) is 7.11 Å². The molecule has 1 amide bonds. The van der Waals surface area contributed by atoms with Gasteiger partial charge in [-0.25, -0.2) is 4.79 Å². The number of carbonyl (C=O) groups excluding carboxylic acids is 1. The van der Waals surface area contributed by atoms with Crippen molar-refractivity contribution in [3.05, 3.63) is 88.3 Å².